The molecule has 9 aromatic rings. The molecule has 8 bridgehead atoms. The van der Waals surface area contributed by atoms with Crippen LogP contribution in [0.3, 0.4) is 0 Å². The van der Waals surface area contributed by atoms with Crippen molar-refractivity contribution < 1.29 is 85.5 Å². The van der Waals surface area contributed by atoms with Crippen LogP contribution in [0, 0.1) is 13.8 Å². The van der Waals surface area contributed by atoms with Gasteiger partial charge in [-0.1, -0.05) is 20.8 Å². The third-order valence-electron chi connectivity index (χ3n) is 23.8. The van der Waals surface area contributed by atoms with Crippen LogP contribution in [0.5, 0.6) is 0 Å². The van der Waals surface area contributed by atoms with Gasteiger partial charge in [-0.25, -0.2) is 19.6 Å². The smallest absolute Gasteiger partial charge is 0.480 e. The number of nitrogens with two attached hydrogens (primary N) is 1. The van der Waals surface area contributed by atoms with Crippen molar-refractivity contribution in [2.24, 2.45) is 0 Å². The molecule has 36 nitrogen and oxygen atoms in total. The van der Waals surface area contributed by atoms with Crippen LogP contribution in [0.1, 0.15) is 191 Å². The summed E-state index contributed by atoms with van der Waals surface area (Å²) in [6.07, 6.45) is 0.741. The number of hydrogen-bond acceptors (Lipinski definition) is 25. The third kappa shape index (κ3) is 23.6. The van der Waals surface area contributed by atoms with E-state index < -0.39 is 156 Å². The predicted molar refractivity (Wildman–Crippen MR) is 499 cm³/mol. The first-order chi connectivity index (χ1) is 62.6. The number of benzene rings is 4. The number of hydrogen-bond donors (Lipinski definition) is 15. The number of nitrogens with zero attached hydrogens (tertiary/aromatic N) is 5. The van der Waals surface area contributed by atoms with Crippen molar-refractivity contribution in [1.82, 2.24) is 77.1 Å². The third-order valence-corrected chi connectivity index (χ3v) is 31.9. The number of carbonyl (C=O) groups excluding carboxylic acids is 10. The number of aromatic amines is 3. The number of methoxy groups -OCH3 is 1. The molecular weight excluding hydrogens is 1760 g/mol. The molecule has 4 aromatic carbocycles. The second-order valence-electron chi connectivity index (χ2n) is 32.4. The molecule has 12 rings (SSSR count). The Morgan fingerprint density at radius 1 is 0.618 bits per heavy atom. The van der Waals surface area contributed by atoms with E-state index >= 15 is 0 Å². The van der Waals surface area contributed by atoms with Crippen LogP contribution in [0.4, 0.5) is 11.6 Å². The van der Waals surface area contributed by atoms with E-state index in [-0.39, 0.29) is 109 Å². The number of anilines is 2. The Labute approximate surface area is 761 Å². The summed E-state index contributed by atoms with van der Waals surface area (Å²) in [7, 11) is -4.26. The van der Waals surface area contributed by atoms with Gasteiger partial charge in [0.1, 0.15) is 24.0 Å². The zero-order valence-electron chi connectivity index (χ0n) is 72.9. The van der Waals surface area contributed by atoms with Gasteiger partial charge < -0.3 is 57.2 Å². The van der Waals surface area contributed by atoms with Gasteiger partial charge in [-0.05, 0) is 87.2 Å². The molecule has 0 saturated carbocycles. The number of aryl methyl sites for hydroxylation is 2. The molecule has 1 aliphatic carbocycles. The first-order valence-electron chi connectivity index (χ1n) is 42.7. The maximum atomic E-state index is 14.8. The van der Waals surface area contributed by atoms with Gasteiger partial charge in [0.25, 0.3) is 21.6 Å². The molecule has 690 valence electrons. The maximum absolute atomic E-state index is 14.8. The fourth-order valence-electron chi connectivity index (χ4n) is 17.0. The second-order valence-corrected chi connectivity index (χ2v) is 40.6. The van der Waals surface area contributed by atoms with E-state index in [1.165, 1.54) is 44.5 Å². The molecular formula is C91H104N17O19PS3. The van der Waals surface area contributed by atoms with Crippen molar-refractivity contribution in [2.45, 2.75) is 160 Å². The molecule has 7 heterocycles. The number of Topliss-reactive ketones (excluding diaryl/α,β-unsaturated/α-hetero) is 2. The number of carboxylic acid groups (broad SMARTS) is 2. The standard InChI is InChI=1S/C91H104N17O19PS3/c1-8-59-48(2)63-43-68-75(52(6)109)50(4)65(100-68)41-64-49(3)60(79(103-64)77-78(90(123)127-7)82(114)76-51(5)66(104-80(76)77)42-67(59)99-63)30-32-71(110)93-35-18-25-61(101-73(112)34-38-128(56-19-12-9-13-20-56,57-21-14-10-15-22-57)58-23-16-11-17-24-58)85(116)95-36-39-129-130-47-70(89(121)122)106-86(117)69(44-74(113)94-37-40-131(124,125)126)102-72(111)33-31-62(88(119)120)105-84(115)53-26-28-54(29-27-53)96-45-55-46-97-83-81(98-55)87(118)108-91(92)107-83/h9-17,19-24,26-29,41-43,46,48-49,59-62,69-70,78,96,100,104,128H,8,18,25,30-40,44-45,47H2,1-7H3,(H,93,110)(H,94,113)(H,95,116)(H,101,112)(H,102,111)(H,105,115)(H,106,117)(H,119,120)(H,121,122)(H,124,125,126)(H3,92,97,107,108,118)/t48-,49+,59-,60+,61+,62+,69+,70+,78?/m1/s1. The van der Waals surface area contributed by atoms with E-state index in [2.05, 4.69) is 123 Å². The van der Waals surface area contributed by atoms with Gasteiger partial charge in [0.05, 0.1) is 54.4 Å². The summed E-state index contributed by atoms with van der Waals surface area (Å²) in [4.78, 5) is 210. The van der Waals surface area contributed by atoms with E-state index in [0.29, 0.717) is 78.8 Å². The Kier molecular flexibility index (Phi) is 32.2. The van der Waals surface area contributed by atoms with Crippen molar-refractivity contribution in [3.8, 4) is 0 Å². The minimum atomic E-state index is -4.58. The molecule has 16 N–H and O–H groups in total. The van der Waals surface area contributed by atoms with Crippen LogP contribution in [0.25, 0.3) is 33.2 Å². The molecule has 40 heteroatoms. The van der Waals surface area contributed by atoms with Crippen molar-refractivity contribution in [3.63, 3.8) is 0 Å². The molecule has 0 saturated heterocycles. The van der Waals surface area contributed by atoms with Gasteiger partial charge in [-0.3, -0.25) is 57.9 Å². The number of rotatable bonds is 42. The van der Waals surface area contributed by atoms with Crippen molar-refractivity contribution in [1.29, 1.82) is 0 Å². The molecule has 5 aromatic heterocycles. The van der Waals surface area contributed by atoms with Gasteiger partial charge in [0.2, 0.25) is 23.7 Å². The van der Waals surface area contributed by atoms with E-state index in [1.807, 2.05) is 93.6 Å². The molecule has 0 radical (unpaired) electrons. The number of ether oxygens (including phenoxy) is 1. The number of aromatic nitrogens is 8. The minimum Gasteiger partial charge on any atom is -0.480 e. The summed E-state index contributed by atoms with van der Waals surface area (Å²) in [6.45, 7) is 10.8. The first-order valence-corrected chi connectivity index (χ1v) is 49.0. The molecule has 3 aliphatic rings. The number of esters is 1. The van der Waals surface area contributed by atoms with Gasteiger partial charge in [0.15, 0.2) is 22.7 Å². The number of ketones is 2. The number of carbonyl (C=O) groups is 12. The Morgan fingerprint density at radius 3 is 1.86 bits per heavy atom. The van der Waals surface area contributed by atoms with Crippen molar-refractivity contribution in [3.05, 3.63) is 212 Å². The predicted octanol–water partition coefficient (Wildman–Crippen LogP) is 6.88. The van der Waals surface area contributed by atoms with Crippen LogP contribution in [-0.4, -0.2) is 208 Å². The van der Waals surface area contributed by atoms with Crippen LogP contribution >= 0.6 is 28.9 Å². The average Bonchev–Trinajstić information content (AvgIpc) is 1.55. The van der Waals surface area contributed by atoms with E-state index in [1.54, 1.807) is 0 Å². The van der Waals surface area contributed by atoms with Crippen LogP contribution < -0.4 is 69.7 Å². The zero-order valence-corrected chi connectivity index (χ0v) is 76.4. The van der Waals surface area contributed by atoms with Gasteiger partial charge in [0, 0.05) is 92.7 Å². The van der Waals surface area contributed by atoms with E-state index in [9.17, 15) is 85.5 Å². The SMILES string of the molecule is CC[C@H]1c2cc3[nH]c4c(c3C)C(=O)C(C(=O)OC)c4c3nc(cc4[nH]c(cc(n2)[C@@H]1C)c(C(C)=O)c4C)[C@@H](C)[C@@H]3CCC(=O)NCCC[C@H](NC(=O)CC[PH](c1ccccc1)(c1ccccc1)c1ccccc1)C(=O)NCCSSC[C@H](NC(=O)[C@H](CC(=O)NCCS(=O)(=O)O)NC(=O)CC[C@H](NC(=O)c1ccc(NCc2cnc3nc(N)[nH]c(=O)c3n2)cc1)C(=O)O)C(=O)O. The summed E-state index contributed by atoms with van der Waals surface area (Å²) in [5.74, 6) is -13.6. The Bertz CT molecular complexity index is 6130. The van der Waals surface area contributed by atoms with Gasteiger partial charge >= 0.3 is 271 Å². The average molecular weight is 1870 g/mol. The topological polar surface area (TPSA) is 560 Å². The minimum absolute atomic E-state index is 0.00226. The molecule has 131 heavy (non-hydrogen) atoms. The van der Waals surface area contributed by atoms with E-state index in [4.69, 9.17) is 20.4 Å². The zero-order chi connectivity index (χ0) is 94.1. The summed E-state index contributed by atoms with van der Waals surface area (Å²) in [5.41, 5.74) is 13.2. The second kappa shape index (κ2) is 43.5. The number of H-pyrrole nitrogens is 3. The summed E-state index contributed by atoms with van der Waals surface area (Å²) in [5, 5.41) is 44.8. The Morgan fingerprint density at radius 2 is 1.23 bits per heavy atom. The molecule has 2 aliphatic heterocycles. The molecule has 9 atom stereocenters. The molecule has 7 amide bonds. The normalized spacial score (nSPS) is 16.2. The van der Waals surface area contributed by atoms with Crippen molar-refractivity contribution in [2.75, 3.05) is 61.2 Å². The van der Waals surface area contributed by atoms with Crippen LogP contribution in [0.2, 0.25) is 0 Å². The van der Waals surface area contributed by atoms with Gasteiger partial charge in [-0.15, -0.1) is 0 Å². The van der Waals surface area contributed by atoms with Gasteiger partial charge in [-0.2, -0.15) is 13.4 Å². The Hall–Kier alpha value is -13.1. The fourth-order valence-corrected chi connectivity index (χ4v) is 24.1. The number of fused-ring (bicyclic) bond motifs is 9. The van der Waals surface area contributed by atoms with E-state index in [0.717, 1.165) is 55.3 Å². The Balaban J connectivity index is 0.701. The number of nitrogens with one attached hydrogen (secondary N) is 11. The fraction of sp³-hybridized carbons (Fsp3) is 0.363. The number of aliphatic carboxylic acids is 2. The quantitative estimate of drug-likeness (QED) is 0.00352. The molecule has 0 spiro atoms. The molecule has 1 unspecified atom stereocenters. The first kappa shape index (κ1) is 97.0. The van der Waals surface area contributed by atoms with Crippen LogP contribution in [0.15, 0.2) is 144 Å². The number of carboxylic acids is 2. The van der Waals surface area contributed by atoms with Crippen molar-refractivity contribution >= 4 is 171 Å². The summed E-state index contributed by atoms with van der Waals surface area (Å²) < 4.78 is 37.5. The monoisotopic (exact) mass is 1870 g/mol. The number of amides is 7. The summed E-state index contributed by atoms with van der Waals surface area (Å²) in [6, 6.07) is 35.1. The van der Waals surface area contributed by atoms with Crippen LogP contribution in [-0.2, 0) is 64.6 Å². The number of nitrogen functional groups attached to an aromatic ring is 1. The molecule has 0 fully saturated rings. The summed E-state index contributed by atoms with van der Waals surface area (Å²) >= 11 is 0.